The second kappa shape index (κ2) is 8.21. The van der Waals surface area contributed by atoms with Crippen LogP contribution in [-0.2, 0) is 0 Å². The van der Waals surface area contributed by atoms with Crippen molar-refractivity contribution in [1.29, 1.82) is 0 Å². The maximum Gasteiger partial charge on any atom is 0.291 e. The highest BCUT2D eigenvalue weighted by Gasteiger charge is 2.21. The largest absolute Gasteiger partial charge is 0.426 e. The lowest BCUT2D eigenvalue weighted by Gasteiger charge is -2.10. The van der Waals surface area contributed by atoms with Crippen molar-refractivity contribution in [3.05, 3.63) is 77.2 Å². The minimum absolute atomic E-state index is 0.189. The fraction of sp³-hybridized carbons (Fsp3) is 0.261. The van der Waals surface area contributed by atoms with Crippen molar-refractivity contribution in [2.45, 2.75) is 33.6 Å². The number of benzene rings is 1. The molecule has 0 saturated heterocycles. The van der Waals surface area contributed by atoms with Gasteiger partial charge < -0.3 is 19.8 Å². The van der Waals surface area contributed by atoms with Gasteiger partial charge in [-0.25, -0.2) is 0 Å². The van der Waals surface area contributed by atoms with Crippen LogP contribution in [0.4, 0.5) is 5.69 Å². The molecule has 0 spiro atoms. The van der Waals surface area contributed by atoms with E-state index in [1.165, 1.54) is 5.56 Å². The summed E-state index contributed by atoms with van der Waals surface area (Å²) < 4.78 is 11.5. The predicted molar refractivity (Wildman–Crippen MR) is 112 cm³/mol. The molecular weight excluding hydrogens is 352 g/mol. The number of ether oxygens (including phenoxy) is 1. The Labute approximate surface area is 165 Å². The van der Waals surface area contributed by atoms with Crippen LogP contribution < -0.4 is 15.4 Å². The van der Waals surface area contributed by atoms with Crippen LogP contribution >= 0.6 is 0 Å². The molecule has 0 saturated carbocycles. The summed E-state index contributed by atoms with van der Waals surface area (Å²) in [4.78, 5) is 12.5. The Morgan fingerprint density at radius 2 is 2.18 bits per heavy atom. The van der Waals surface area contributed by atoms with Crippen molar-refractivity contribution in [3.8, 4) is 11.7 Å². The Kier molecular flexibility index (Phi) is 5.73. The van der Waals surface area contributed by atoms with Gasteiger partial charge in [0.15, 0.2) is 5.76 Å². The zero-order valence-electron chi connectivity index (χ0n) is 16.8. The summed E-state index contributed by atoms with van der Waals surface area (Å²) in [6.45, 7) is 12.5. The topological polar surface area (TPSA) is 63.5 Å². The first-order valence-electron chi connectivity index (χ1n) is 9.36. The summed E-state index contributed by atoms with van der Waals surface area (Å²) >= 11 is 0. The SMILES string of the molecule is C=C/C=C(C)\C(=C/C)NC(=O)c1ccc(Oc2cc3c(cc2C)NCC3C)o1. The Balaban J connectivity index is 1.74. The number of furan rings is 1. The predicted octanol–water partition coefficient (Wildman–Crippen LogP) is 5.68. The molecule has 5 nitrogen and oxygen atoms in total. The molecule has 1 amide bonds. The number of hydrogen-bond donors (Lipinski definition) is 2. The average Bonchev–Trinajstić information content (AvgIpc) is 3.27. The highest BCUT2D eigenvalue weighted by Crippen LogP contribution is 2.38. The second-order valence-corrected chi connectivity index (χ2v) is 6.95. The number of carbonyl (C=O) groups is 1. The van der Waals surface area contributed by atoms with Crippen molar-refractivity contribution < 1.29 is 13.9 Å². The van der Waals surface area contributed by atoms with Crippen LogP contribution in [0.15, 0.2) is 64.8 Å². The molecule has 0 aliphatic carbocycles. The highest BCUT2D eigenvalue weighted by atomic mass is 16.6. The molecule has 0 bridgehead atoms. The molecule has 2 N–H and O–H groups in total. The van der Waals surface area contributed by atoms with Gasteiger partial charge in [0.05, 0.1) is 0 Å². The molecule has 1 atom stereocenters. The second-order valence-electron chi connectivity index (χ2n) is 6.95. The Morgan fingerprint density at radius 1 is 1.39 bits per heavy atom. The van der Waals surface area contributed by atoms with E-state index in [9.17, 15) is 4.79 Å². The first-order valence-corrected chi connectivity index (χ1v) is 9.36. The van der Waals surface area contributed by atoms with E-state index in [1.54, 1.807) is 18.2 Å². The van der Waals surface area contributed by atoms with Crippen LogP contribution in [0.1, 0.15) is 48.4 Å². The van der Waals surface area contributed by atoms with Crippen molar-refractivity contribution in [3.63, 3.8) is 0 Å². The van der Waals surface area contributed by atoms with Gasteiger partial charge in [-0.3, -0.25) is 4.79 Å². The molecule has 146 valence electrons. The number of anilines is 1. The molecule has 1 aromatic carbocycles. The minimum Gasteiger partial charge on any atom is -0.426 e. The van der Waals surface area contributed by atoms with Gasteiger partial charge >= 0.3 is 0 Å². The van der Waals surface area contributed by atoms with E-state index < -0.39 is 0 Å². The summed E-state index contributed by atoms with van der Waals surface area (Å²) in [6, 6.07) is 7.39. The molecule has 2 heterocycles. The number of amides is 1. The van der Waals surface area contributed by atoms with Gasteiger partial charge in [-0.2, -0.15) is 0 Å². The average molecular weight is 378 g/mol. The van der Waals surface area contributed by atoms with Gasteiger partial charge in [0, 0.05) is 29.9 Å². The van der Waals surface area contributed by atoms with E-state index in [4.69, 9.17) is 9.15 Å². The first-order chi connectivity index (χ1) is 13.4. The Bertz CT molecular complexity index is 966. The van der Waals surface area contributed by atoms with Gasteiger partial charge in [-0.15, -0.1) is 0 Å². The smallest absolute Gasteiger partial charge is 0.291 e. The van der Waals surface area contributed by atoms with E-state index in [2.05, 4.69) is 30.2 Å². The van der Waals surface area contributed by atoms with Crippen LogP contribution in [0.3, 0.4) is 0 Å². The number of carbonyl (C=O) groups excluding carboxylic acids is 1. The van der Waals surface area contributed by atoms with Gasteiger partial charge in [-0.1, -0.05) is 31.7 Å². The van der Waals surface area contributed by atoms with Crippen LogP contribution in [0.25, 0.3) is 0 Å². The third-order valence-electron chi connectivity index (χ3n) is 4.82. The molecule has 3 rings (SSSR count). The Hall–Kier alpha value is -3.21. The fourth-order valence-electron chi connectivity index (χ4n) is 3.20. The van der Waals surface area contributed by atoms with Crippen LogP contribution in [0, 0.1) is 6.92 Å². The first kappa shape index (κ1) is 19.5. The van der Waals surface area contributed by atoms with Gasteiger partial charge in [0.1, 0.15) is 5.75 Å². The zero-order chi connectivity index (χ0) is 20.3. The van der Waals surface area contributed by atoms with Crippen molar-refractivity contribution in [2.24, 2.45) is 0 Å². The van der Waals surface area contributed by atoms with Crippen LogP contribution in [0.2, 0.25) is 0 Å². The van der Waals surface area contributed by atoms with Gasteiger partial charge in [-0.05, 0) is 55.7 Å². The Morgan fingerprint density at radius 3 is 2.89 bits per heavy atom. The van der Waals surface area contributed by atoms with E-state index >= 15 is 0 Å². The summed E-state index contributed by atoms with van der Waals surface area (Å²) in [5, 5.41) is 6.24. The van der Waals surface area contributed by atoms with Crippen LogP contribution in [0.5, 0.6) is 11.7 Å². The minimum atomic E-state index is -0.330. The molecule has 5 heteroatoms. The van der Waals surface area contributed by atoms with E-state index in [0.717, 1.165) is 29.1 Å². The number of nitrogens with one attached hydrogen (secondary N) is 2. The standard InChI is InChI=1S/C23H26N2O3/c1-6-8-14(3)18(7-2)25-23(26)20-9-10-22(27-20)28-21-12-17-16(5)13-24-19(17)11-15(21)4/h6-12,16,24H,1,13H2,2-5H3,(H,25,26)/b14-8-,18-7+. The molecule has 0 radical (unpaired) electrons. The number of aryl methyl sites for hydroxylation is 1. The maximum absolute atomic E-state index is 12.5. The summed E-state index contributed by atoms with van der Waals surface area (Å²) in [5.74, 6) is 1.31. The van der Waals surface area contributed by atoms with Crippen molar-refractivity contribution in [1.82, 2.24) is 5.32 Å². The number of hydrogen-bond acceptors (Lipinski definition) is 4. The molecule has 0 fully saturated rings. The molecule has 1 aromatic heterocycles. The van der Waals surface area contributed by atoms with Gasteiger partial charge in [0.2, 0.25) is 0 Å². The maximum atomic E-state index is 12.5. The third kappa shape index (κ3) is 4.03. The normalized spacial score (nSPS) is 16.4. The lowest BCUT2D eigenvalue weighted by molar-refractivity contribution is 0.0934. The molecule has 2 aromatic rings. The van der Waals surface area contributed by atoms with E-state index in [-0.39, 0.29) is 17.6 Å². The van der Waals surface area contributed by atoms with Crippen molar-refractivity contribution >= 4 is 11.6 Å². The van der Waals surface area contributed by atoms with Crippen molar-refractivity contribution in [2.75, 3.05) is 11.9 Å². The molecule has 1 aliphatic heterocycles. The number of rotatable bonds is 6. The van der Waals surface area contributed by atoms with Gasteiger partial charge in [0.25, 0.3) is 11.9 Å². The third-order valence-corrected chi connectivity index (χ3v) is 4.82. The summed E-state index contributed by atoms with van der Waals surface area (Å²) in [6.07, 6.45) is 5.34. The molecule has 28 heavy (non-hydrogen) atoms. The number of fused-ring (bicyclic) bond motifs is 1. The highest BCUT2D eigenvalue weighted by molar-refractivity contribution is 5.93. The quantitative estimate of drug-likeness (QED) is 0.635. The summed E-state index contributed by atoms with van der Waals surface area (Å²) in [5.41, 5.74) is 5.00. The lowest BCUT2D eigenvalue weighted by atomic mass is 10.0. The monoisotopic (exact) mass is 378 g/mol. The molecule has 1 aliphatic rings. The summed E-state index contributed by atoms with van der Waals surface area (Å²) in [7, 11) is 0. The van der Waals surface area contributed by atoms with E-state index in [0.29, 0.717) is 11.6 Å². The zero-order valence-corrected chi connectivity index (χ0v) is 16.8. The number of allylic oxidation sites excluding steroid dienone is 4. The fourth-order valence-corrected chi connectivity index (χ4v) is 3.20. The molecular formula is C23H26N2O3. The lowest BCUT2D eigenvalue weighted by Crippen LogP contribution is -2.22. The molecule has 1 unspecified atom stereocenters. The van der Waals surface area contributed by atoms with Crippen LogP contribution in [-0.4, -0.2) is 12.5 Å². The van der Waals surface area contributed by atoms with E-state index in [1.807, 2.05) is 39.0 Å².